The van der Waals surface area contributed by atoms with Crippen LogP contribution >= 0.6 is 0 Å². The van der Waals surface area contributed by atoms with Gasteiger partial charge in [0.15, 0.2) is 0 Å². The van der Waals surface area contributed by atoms with E-state index < -0.39 is 35.4 Å². The fourth-order valence-electron chi connectivity index (χ4n) is 8.76. The molecule has 0 spiro atoms. The van der Waals surface area contributed by atoms with Crippen molar-refractivity contribution in [3.8, 4) is 0 Å². The number of allylic oxidation sites excluding steroid dienone is 5. The number of aromatic nitrogens is 5. The number of nitrogens with zero attached hydrogens (tertiary/aromatic N) is 5. The van der Waals surface area contributed by atoms with Gasteiger partial charge >= 0.3 is 12.1 Å². The quantitative estimate of drug-likeness (QED) is 0.102. The average molecular weight is 869 g/mol. The van der Waals surface area contributed by atoms with Gasteiger partial charge in [-0.2, -0.15) is 0 Å². The summed E-state index contributed by atoms with van der Waals surface area (Å²) in [6, 6.07) is 9.45. The third-order valence-corrected chi connectivity index (χ3v) is 12.3. The molecule has 4 aliphatic rings. The molecule has 0 unspecified atom stereocenters. The van der Waals surface area contributed by atoms with E-state index in [9.17, 15) is 24.3 Å². The SMILES string of the molecule is CCC1=C(C)c2cc3nc(cc4[nH]c(c5c6[nH]c(cc1n2)c(C)c6C(=O)N(CCc1ccncc1)C5=O)[C@@H](CCC(=O)N(C)CCNC(=O)OC(C)(C)C)[C@@H]4C)C(C)=C3/C=C/C(=O)O. The normalized spacial score (nSPS) is 16.7. The largest absolute Gasteiger partial charge is 0.478 e. The monoisotopic (exact) mass is 868 g/mol. The van der Waals surface area contributed by atoms with E-state index >= 15 is 4.79 Å². The summed E-state index contributed by atoms with van der Waals surface area (Å²) >= 11 is 0. The summed E-state index contributed by atoms with van der Waals surface area (Å²) in [5.74, 6) is -2.76. The summed E-state index contributed by atoms with van der Waals surface area (Å²) in [6.45, 7) is 15.8. The topological polar surface area (TPSA) is 204 Å². The van der Waals surface area contributed by atoms with Crippen molar-refractivity contribution in [1.82, 2.24) is 40.0 Å². The van der Waals surface area contributed by atoms with Gasteiger partial charge in [0.2, 0.25) is 5.91 Å². The highest BCUT2D eigenvalue weighted by molar-refractivity contribution is 6.23. The van der Waals surface area contributed by atoms with Crippen molar-refractivity contribution in [2.75, 3.05) is 26.7 Å². The molecule has 4 aliphatic heterocycles. The lowest BCUT2D eigenvalue weighted by atomic mass is 9.84. The molecule has 2 atom stereocenters. The zero-order valence-corrected chi connectivity index (χ0v) is 37.9. The Morgan fingerprint density at radius 2 is 1.64 bits per heavy atom. The van der Waals surface area contributed by atoms with Crippen LogP contribution in [0, 0.1) is 6.92 Å². The second kappa shape index (κ2) is 18.1. The van der Waals surface area contributed by atoms with Crippen LogP contribution in [0.2, 0.25) is 0 Å². The van der Waals surface area contributed by atoms with Crippen molar-refractivity contribution in [2.45, 2.75) is 98.5 Å². The number of carboxylic acid groups (broad SMARTS) is 1. The van der Waals surface area contributed by atoms with Gasteiger partial charge in [0.1, 0.15) is 5.60 Å². The number of rotatable bonds is 12. The Balaban J connectivity index is 1.41. The Morgan fingerprint density at radius 3 is 2.33 bits per heavy atom. The van der Waals surface area contributed by atoms with Crippen LogP contribution in [0.3, 0.4) is 0 Å². The van der Waals surface area contributed by atoms with Gasteiger partial charge in [-0.1, -0.05) is 13.8 Å². The molecule has 0 saturated heterocycles. The van der Waals surface area contributed by atoms with Crippen LogP contribution in [0.25, 0.3) is 33.3 Å². The molecule has 7 rings (SSSR count). The van der Waals surface area contributed by atoms with Crippen LogP contribution in [-0.2, 0) is 20.7 Å². The molecule has 7 heterocycles. The molecule has 15 nitrogen and oxygen atoms in total. The minimum absolute atomic E-state index is 0.124. The van der Waals surface area contributed by atoms with E-state index in [4.69, 9.17) is 14.7 Å². The molecule has 3 aromatic heterocycles. The maximum atomic E-state index is 15.1. The van der Waals surface area contributed by atoms with Crippen LogP contribution in [0.4, 0.5) is 4.79 Å². The standard InChI is InChI=1S/C49H56N8O7/c1-10-31-26(2)35-24-39-32(12-14-41(59)60)27(3)34(53-39)23-36-28(4)33(11-13-40(58)56(9)22-20-51-48(63)64-49(6,7)8)44(54-36)43-45-42(29(5)37(55-45)25-38(31)52-35)46(61)57(47(43)62)21-17-30-15-18-50-19-16-30/h12,14-16,18-19,23-25,28,33,54-55H,10-11,13,17,20-22H2,1-9H3,(H,51,63)(H,59,60)/b14-12+,36-23?,38-25?,39-24?,44-43?/t28-,33-/m0/s1. The Bertz CT molecular complexity index is 2730. The minimum atomic E-state index is -1.09. The fraction of sp³-hybridized carbons (Fsp3) is 0.388. The van der Waals surface area contributed by atoms with Gasteiger partial charge < -0.3 is 30.0 Å². The Kier molecular flexibility index (Phi) is 12.7. The summed E-state index contributed by atoms with van der Waals surface area (Å²) in [6.07, 6.45) is 6.99. The molecule has 0 radical (unpaired) electrons. The molecule has 4 N–H and O–H groups in total. The van der Waals surface area contributed by atoms with Crippen LogP contribution in [-0.4, -0.2) is 102 Å². The Morgan fingerprint density at radius 1 is 0.953 bits per heavy atom. The summed E-state index contributed by atoms with van der Waals surface area (Å²) in [7, 11) is 1.68. The molecule has 0 saturated carbocycles. The molecule has 4 amide bonds. The average Bonchev–Trinajstić information content (AvgIpc) is 3.91. The number of amides is 4. The fourth-order valence-corrected chi connectivity index (χ4v) is 8.76. The first kappa shape index (κ1) is 45.1. The van der Waals surface area contributed by atoms with Crippen molar-refractivity contribution in [1.29, 1.82) is 0 Å². The number of imide groups is 1. The van der Waals surface area contributed by atoms with Gasteiger partial charge in [0.25, 0.3) is 11.8 Å². The number of hydrogen-bond donors (Lipinski definition) is 4. The van der Waals surface area contributed by atoms with Crippen LogP contribution < -0.4 is 5.32 Å². The van der Waals surface area contributed by atoms with Crippen LogP contribution in [0.1, 0.15) is 146 Å². The summed E-state index contributed by atoms with van der Waals surface area (Å²) < 4.78 is 5.34. The number of alkyl carbamates (subject to hydrolysis) is 1. The molecule has 64 heavy (non-hydrogen) atoms. The van der Waals surface area contributed by atoms with E-state index in [0.29, 0.717) is 81.0 Å². The van der Waals surface area contributed by atoms with Crippen molar-refractivity contribution < 1.29 is 33.8 Å². The maximum absolute atomic E-state index is 15.1. The van der Waals surface area contributed by atoms with E-state index in [1.54, 1.807) is 51.2 Å². The van der Waals surface area contributed by atoms with Gasteiger partial charge in [-0.15, -0.1) is 0 Å². The first-order chi connectivity index (χ1) is 30.4. The molecule has 0 aromatic carbocycles. The van der Waals surface area contributed by atoms with Gasteiger partial charge in [-0.25, -0.2) is 19.6 Å². The number of H-pyrrole nitrogens is 2. The summed E-state index contributed by atoms with van der Waals surface area (Å²) in [5.41, 5.74) is 9.90. The number of aromatic amines is 2. The second-order valence-corrected chi connectivity index (χ2v) is 17.7. The number of carboxylic acids is 1. The Labute approximate surface area is 372 Å². The predicted octanol–water partition coefficient (Wildman–Crippen LogP) is 8.14. The van der Waals surface area contributed by atoms with Crippen molar-refractivity contribution in [3.63, 3.8) is 0 Å². The minimum Gasteiger partial charge on any atom is -0.478 e. The van der Waals surface area contributed by atoms with Crippen molar-refractivity contribution in [3.05, 3.63) is 111 Å². The van der Waals surface area contributed by atoms with Gasteiger partial charge in [-0.05, 0) is 125 Å². The lowest BCUT2D eigenvalue weighted by Crippen LogP contribution is -2.42. The number of aliphatic carboxylic acids is 1. The lowest BCUT2D eigenvalue weighted by Gasteiger charge is -2.27. The predicted molar refractivity (Wildman–Crippen MR) is 245 cm³/mol. The molecule has 15 heteroatoms. The number of hydrogen-bond acceptors (Lipinski definition) is 9. The maximum Gasteiger partial charge on any atom is 0.407 e. The lowest BCUT2D eigenvalue weighted by molar-refractivity contribution is -0.131. The zero-order valence-electron chi connectivity index (χ0n) is 37.9. The van der Waals surface area contributed by atoms with E-state index in [-0.39, 0.29) is 37.9 Å². The van der Waals surface area contributed by atoms with Gasteiger partial charge in [0.05, 0.1) is 39.4 Å². The van der Waals surface area contributed by atoms with E-state index in [1.165, 1.54) is 4.90 Å². The number of nitrogens with one attached hydrogen (secondary N) is 3. The summed E-state index contributed by atoms with van der Waals surface area (Å²) in [5, 5.41) is 12.3. The third kappa shape index (κ3) is 9.10. The molecule has 3 aromatic rings. The highest BCUT2D eigenvalue weighted by Crippen LogP contribution is 2.45. The molecular formula is C49H56N8O7. The number of carbonyl (C=O) groups is 5. The molecule has 334 valence electrons. The second-order valence-electron chi connectivity index (χ2n) is 17.7. The molecular weight excluding hydrogens is 813 g/mol. The van der Waals surface area contributed by atoms with Crippen LogP contribution in [0.5, 0.6) is 0 Å². The van der Waals surface area contributed by atoms with E-state index in [0.717, 1.165) is 34.1 Å². The van der Waals surface area contributed by atoms with E-state index in [2.05, 4.69) is 27.2 Å². The molecule has 8 bridgehead atoms. The van der Waals surface area contributed by atoms with E-state index in [1.807, 2.05) is 58.0 Å². The van der Waals surface area contributed by atoms with Gasteiger partial charge in [0, 0.05) is 85.9 Å². The smallest absolute Gasteiger partial charge is 0.407 e. The van der Waals surface area contributed by atoms with Crippen molar-refractivity contribution in [2.24, 2.45) is 0 Å². The molecule has 0 aliphatic carbocycles. The summed E-state index contributed by atoms with van der Waals surface area (Å²) in [4.78, 5) is 91.7. The first-order valence-corrected chi connectivity index (χ1v) is 21.7. The number of fused-ring (bicyclic) bond motifs is 8. The number of carbonyl (C=O) groups excluding carboxylic acids is 4. The number of ether oxygens (including phenoxy) is 1. The highest BCUT2D eigenvalue weighted by atomic mass is 16.6. The third-order valence-electron chi connectivity index (χ3n) is 12.3. The Hall–Kier alpha value is -6.90. The number of likely N-dealkylation sites (N-methyl/N-ethyl adjacent to an activating group) is 1. The zero-order chi connectivity index (χ0) is 46.2. The highest BCUT2D eigenvalue weighted by Gasteiger charge is 2.40. The van der Waals surface area contributed by atoms with Crippen molar-refractivity contribution >= 4 is 63.1 Å². The number of pyridine rings is 1. The van der Waals surface area contributed by atoms with Gasteiger partial charge in [-0.3, -0.25) is 24.3 Å². The van der Waals surface area contributed by atoms with Crippen LogP contribution in [0.15, 0.2) is 54.9 Å². The molecule has 0 fully saturated rings. The number of aryl methyl sites for hydroxylation is 1. The first-order valence-electron chi connectivity index (χ1n) is 21.7.